The van der Waals surface area contributed by atoms with Crippen molar-refractivity contribution in [1.82, 2.24) is 0 Å². The van der Waals surface area contributed by atoms with E-state index in [0.717, 1.165) is 19.3 Å². The van der Waals surface area contributed by atoms with Gasteiger partial charge in [0.25, 0.3) is 14.3 Å². The molecule has 0 unspecified atom stereocenters. The number of rotatable bonds is 26. The van der Waals surface area contributed by atoms with E-state index in [1.54, 1.807) is 0 Å². The first-order valence-electron chi connectivity index (χ1n) is 16.9. The predicted molar refractivity (Wildman–Crippen MR) is 166 cm³/mol. The third kappa shape index (κ3) is 15.9. The highest BCUT2D eigenvalue weighted by atomic mass is 28.4. The maximum absolute atomic E-state index is 14.1. The minimum absolute atomic E-state index is 0.0605. The fraction of sp³-hybridized carbons (Fsp3) is 0.794. The zero-order valence-corrected chi connectivity index (χ0v) is 27.7. The predicted octanol–water partition coefficient (Wildman–Crippen LogP) is 11.7. The van der Waals surface area contributed by atoms with Crippen LogP contribution in [0.3, 0.4) is 0 Å². The Morgan fingerprint density at radius 3 is 1.05 bits per heavy atom. The average molecular weight is 621 g/mol. The van der Waals surface area contributed by atoms with Gasteiger partial charge >= 0.3 is 0 Å². The van der Waals surface area contributed by atoms with Crippen LogP contribution in [0.25, 0.3) is 0 Å². The second-order valence-corrected chi connectivity index (χ2v) is 16.2. The van der Waals surface area contributed by atoms with Crippen LogP contribution in [0, 0.1) is 29.1 Å². The molecule has 0 spiro atoms. The molecule has 0 saturated heterocycles. The van der Waals surface area contributed by atoms with Crippen LogP contribution in [0.1, 0.15) is 161 Å². The summed E-state index contributed by atoms with van der Waals surface area (Å²) in [4.78, 5) is 12.2. The maximum atomic E-state index is 14.1. The van der Waals surface area contributed by atoms with Crippen molar-refractivity contribution in [2.24, 2.45) is 0 Å². The number of halogens is 5. The zero-order valence-electron chi connectivity index (χ0n) is 26.7. The first-order chi connectivity index (χ1) is 20.1. The van der Waals surface area contributed by atoms with Crippen LogP contribution in [-0.2, 0) is 9.22 Å². The summed E-state index contributed by atoms with van der Waals surface area (Å²) in [5, 5.41) is -1.00. The van der Waals surface area contributed by atoms with Crippen molar-refractivity contribution in [3.8, 4) is 0 Å². The van der Waals surface area contributed by atoms with E-state index in [0.29, 0.717) is 6.42 Å². The van der Waals surface area contributed by atoms with Gasteiger partial charge in [-0.25, -0.2) is 22.0 Å². The number of carbonyl (C=O) groups excluding carboxylic acids is 1. The molecule has 0 heterocycles. The molecule has 0 aliphatic heterocycles. The second kappa shape index (κ2) is 23.0. The van der Waals surface area contributed by atoms with Crippen molar-refractivity contribution in [3.05, 3.63) is 29.1 Å². The fourth-order valence-corrected chi connectivity index (χ4v) is 7.62. The van der Waals surface area contributed by atoms with E-state index in [-0.39, 0.29) is 6.42 Å². The molecule has 0 saturated carbocycles. The van der Waals surface area contributed by atoms with Crippen molar-refractivity contribution >= 4 is 19.5 Å². The van der Waals surface area contributed by atoms with Gasteiger partial charge in [-0.3, -0.25) is 4.79 Å². The molecule has 0 aliphatic carbocycles. The Bertz CT molecular complexity index is 849. The van der Waals surface area contributed by atoms with E-state index < -0.39 is 48.6 Å². The van der Waals surface area contributed by atoms with Gasteiger partial charge in [-0.15, -0.1) is 0 Å². The molecule has 244 valence electrons. The quantitative estimate of drug-likeness (QED) is 0.0339. The number of hydrogen-bond acceptors (Lipinski definition) is 2. The highest BCUT2D eigenvalue weighted by molar-refractivity contribution is 6.85. The lowest BCUT2D eigenvalue weighted by atomic mass is 10.0. The molecule has 0 aromatic heterocycles. The van der Waals surface area contributed by atoms with Crippen LogP contribution in [0.5, 0.6) is 0 Å². The molecule has 0 atom stereocenters. The van der Waals surface area contributed by atoms with E-state index in [2.05, 4.69) is 6.92 Å². The maximum Gasteiger partial charge on any atom is 0.292 e. The Hall–Kier alpha value is -1.44. The zero-order chi connectivity index (χ0) is 31.2. The lowest BCUT2D eigenvalue weighted by molar-refractivity contribution is -0.135. The van der Waals surface area contributed by atoms with Crippen LogP contribution in [0.4, 0.5) is 22.0 Å². The number of carbonyl (C=O) groups is 1. The summed E-state index contributed by atoms with van der Waals surface area (Å²) in [5.41, 5.74) is 0. The molecular weight excluding hydrogens is 563 g/mol. The van der Waals surface area contributed by atoms with Gasteiger partial charge < -0.3 is 4.43 Å². The Morgan fingerprint density at radius 1 is 0.476 bits per heavy atom. The molecular formula is C34H57F5O2Si. The monoisotopic (exact) mass is 620 g/mol. The van der Waals surface area contributed by atoms with Crippen LogP contribution >= 0.6 is 0 Å². The topological polar surface area (TPSA) is 26.3 Å². The third-order valence-corrected chi connectivity index (χ3v) is 10.5. The molecule has 8 heteroatoms. The molecule has 0 bridgehead atoms. The minimum atomic E-state index is -3.68. The van der Waals surface area contributed by atoms with Gasteiger partial charge in [-0.2, -0.15) is 0 Å². The van der Waals surface area contributed by atoms with E-state index >= 15 is 0 Å². The molecule has 42 heavy (non-hydrogen) atoms. The van der Waals surface area contributed by atoms with Crippen molar-refractivity contribution in [3.63, 3.8) is 0 Å². The minimum Gasteiger partial charge on any atom is -0.515 e. The van der Waals surface area contributed by atoms with Gasteiger partial charge in [0.1, 0.15) is 0 Å². The van der Waals surface area contributed by atoms with Gasteiger partial charge in [-0.1, -0.05) is 148 Å². The standard InChI is InChI=1S/C34H57F5O2Si/c1-4-5-6-7-8-9-10-11-12-13-14-15-16-17-18-19-20-21-22-23-24-25-26-27-28(40)41-42(2,3)34-32(38)30(36)29(35)31(37)33(34)39/h4-27H2,1-3H3. The lowest BCUT2D eigenvalue weighted by Crippen LogP contribution is -2.51. The summed E-state index contributed by atoms with van der Waals surface area (Å²) in [6, 6.07) is 0. The van der Waals surface area contributed by atoms with Crippen LogP contribution < -0.4 is 5.19 Å². The summed E-state index contributed by atoms with van der Waals surface area (Å²) in [6.07, 6.45) is 29.3. The van der Waals surface area contributed by atoms with Gasteiger partial charge in [0.05, 0.1) is 5.19 Å². The average Bonchev–Trinajstić information content (AvgIpc) is 2.95. The Labute approximate surface area is 253 Å². The first kappa shape index (κ1) is 38.6. The molecule has 1 aromatic carbocycles. The second-order valence-electron chi connectivity index (χ2n) is 12.5. The largest absolute Gasteiger partial charge is 0.515 e. The van der Waals surface area contributed by atoms with Crippen LogP contribution in [0.15, 0.2) is 0 Å². The van der Waals surface area contributed by atoms with Crippen molar-refractivity contribution < 1.29 is 31.2 Å². The highest BCUT2D eigenvalue weighted by Crippen LogP contribution is 2.21. The summed E-state index contributed by atoms with van der Waals surface area (Å²) >= 11 is 0. The van der Waals surface area contributed by atoms with Crippen LogP contribution in [-0.4, -0.2) is 14.3 Å². The van der Waals surface area contributed by atoms with Crippen molar-refractivity contribution in [2.75, 3.05) is 0 Å². The molecule has 0 fully saturated rings. The normalized spacial score (nSPS) is 11.8. The smallest absolute Gasteiger partial charge is 0.292 e. The van der Waals surface area contributed by atoms with Crippen LogP contribution in [0.2, 0.25) is 13.1 Å². The lowest BCUT2D eigenvalue weighted by Gasteiger charge is -2.24. The molecule has 0 aliphatic rings. The number of unbranched alkanes of at least 4 members (excludes halogenated alkanes) is 22. The molecule has 0 radical (unpaired) electrons. The summed E-state index contributed by atoms with van der Waals surface area (Å²) < 4.78 is 74.0. The Morgan fingerprint density at radius 2 is 0.738 bits per heavy atom. The number of benzene rings is 1. The molecule has 2 nitrogen and oxygen atoms in total. The molecule has 0 amide bonds. The SMILES string of the molecule is CCCCCCCCCCCCCCCCCCCCCCCCCC(=O)O[Si](C)(C)c1c(F)c(F)c(F)c(F)c1F. The van der Waals surface area contributed by atoms with E-state index in [9.17, 15) is 26.7 Å². The number of hydrogen-bond donors (Lipinski definition) is 0. The van der Waals surface area contributed by atoms with E-state index in [4.69, 9.17) is 4.43 Å². The van der Waals surface area contributed by atoms with Gasteiger partial charge in [-0.05, 0) is 19.5 Å². The highest BCUT2D eigenvalue weighted by Gasteiger charge is 2.40. The van der Waals surface area contributed by atoms with Crippen molar-refractivity contribution in [1.29, 1.82) is 0 Å². The Balaban J connectivity index is 1.95. The third-order valence-electron chi connectivity index (χ3n) is 8.17. The summed E-state index contributed by atoms with van der Waals surface area (Å²) in [6.45, 7) is 4.77. The fourth-order valence-electron chi connectivity index (χ4n) is 5.58. The summed E-state index contributed by atoms with van der Waals surface area (Å²) in [7, 11) is -3.68. The van der Waals surface area contributed by atoms with E-state index in [1.807, 2.05) is 0 Å². The molecule has 1 rings (SSSR count). The molecule has 0 N–H and O–H groups in total. The van der Waals surface area contributed by atoms with Gasteiger partial charge in [0.15, 0.2) is 23.3 Å². The van der Waals surface area contributed by atoms with Gasteiger partial charge in [0.2, 0.25) is 5.82 Å². The summed E-state index contributed by atoms with van der Waals surface area (Å²) in [5.74, 6) is -10.8. The first-order valence-corrected chi connectivity index (χ1v) is 19.8. The van der Waals surface area contributed by atoms with Crippen molar-refractivity contribution in [2.45, 2.75) is 174 Å². The Kier molecular flexibility index (Phi) is 21.1. The molecule has 1 aromatic rings. The van der Waals surface area contributed by atoms with E-state index in [1.165, 1.54) is 135 Å². The van der Waals surface area contributed by atoms with Gasteiger partial charge in [0, 0.05) is 6.42 Å².